The normalized spacial score (nSPS) is 11.8. The first kappa shape index (κ1) is 37.5. The molecule has 0 aromatic carbocycles. The summed E-state index contributed by atoms with van der Waals surface area (Å²) in [5, 5.41) is 26.1. The highest BCUT2D eigenvalue weighted by Crippen LogP contribution is 2.13. The lowest BCUT2D eigenvalue weighted by molar-refractivity contribution is -0.137. The zero-order valence-corrected chi connectivity index (χ0v) is 24.3. The Kier molecular flexibility index (Phi) is 35.8. The van der Waals surface area contributed by atoms with Crippen LogP contribution in [-0.2, 0) is 9.53 Å². The molecule has 5 nitrogen and oxygen atoms in total. The molecule has 5 heteroatoms. The third-order valence-corrected chi connectivity index (χ3v) is 6.66. The summed E-state index contributed by atoms with van der Waals surface area (Å²) in [5.41, 5.74) is 0. The highest BCUT2D eigenvalue weighted by atomic mass is 16.5. The van der Waals surface area contributed by atoms with E-state index in [0.717, 1.165) is 19.3 Å². The van der Waals surface area contributed by atoms with E-state index >= 15 is 0 Å². The molecule has 0 aromatic rings. The lowest BCUT2D eigenvalue weighted by Gasteiger charge is -2.08. The molecule has 0 aromatic heterocycles. The van der Waals surface area contributed by atoms with Crippen molar-refractivity contribution in [2.45, 2.75) is 174 Å². The van der Waals surface area contributed by atoms with Gasteiger partial charge in [0, 0.05) is 13.0 Å². The Bertz CT molecular complexity index is 402. The number of aliphatic hydroxyl groups is 2. The molecule has 0 aliphatic heterocycles. The van der Waals surface area contributed by atoms with Gasteiger partial charge >= 0.3 is 5.97 Å². The second-order valence-electron chi connectivity index (χ2n) is 10.5. The molecule has 0 saturated carbocycles. The highest BCUT2D eigenvalue weighted by molar-refractivity contribution is 5.66. The third kappa shape index (κ3) is 37.9. The van der Waals surface area contributed by atoms with Crippen LogP contribution in [0.15, 0.2) is 0 Å². The molecular weight excluding hydrogens is 452 g/mol. The number of carbonyl (C=O) groups is 1. The van der Waals surface area contributed by atoms with Crippen molar-refractivity contribution < 1.29 is 24.9 Å². The average molecular weight is 517 g/mol. The molecule has 0 rings (SSSR count). The molecule has 0 amide bonds. The van der Waals surface area contributed by atoms with Crippen molar-refractivity contribution in [3.05, 3.63) is 0 Å². The highest BCUT2D eigenvalue weighted by Gasteiger charge is 2.00. The van der Waals surface area contributed by atoms with Crippen LogP contribution >= 0.6 is 0 Å². The van der Waals surface area contributed by atoms with Crippen molar-refractivity contribution in [1.29, 1.82) is 0 Å². The van der Waals surface area contributed by atoms with Crippen LogP contribution in [0.5, 0.6) is 0 Å². The Morgan fingerprint density at radius 2 is 0.917 bits per heavy atom. The van der Waals surface area contributed by atoms with Crippen LogP contribution in [0, 0.1) is 0 Å². The van der Waals surface area contributed by atoms with Crippen LogP contribution in [0.1, 0.15) is 168 Å². The monoisotopic (exact) mass is 516 g/mol. The molecule has 0 radical (unpaired) electrons. The van der Waals surface area contributed by atoms with Crippen LogP contribution in [0.4, 0.5) is 0 Å². The van der Waals surface area contributed by atoms with E-state index in [9.17, 15) is 4.79 Å². The van der Waals surface area contributed by atoms with Gasteiger partial charge in [0.1, 0.15) is 6.10 Å². The molecule has 36 heavy (non-hydrogen) atoms. The Labute approximate surface area is 224 Å². The van der Waals surface area contributed by atoms with Crippen molar-refractivity contribution in [3.8, 4) is 0 Å². The minimum atomic E-state index is -0.716. The fraction of sp³-hybridized carbons (Fsp3) is 0.968. The van der Waals surface area contributed by atoms with Gasteiger partial charge in [-0.15, -0.1) is 0 Å². The maximum Gasteiger partial charge on any atom is 0.303 e. The van der Waals surface area contributed by atoms with Crippen molar-refractivity contribution in [3.63, 3.8) is 0 Å². The van der Waals surface area contributed by atoms with E-state index in [1.807, 2.05) is 0 Å². The molecule has 0 heterocycles. The number of hydrogen-bond acceptors (Lipinski definition) is 4. The Balaban J connectivity index is 0. The molecule has 218 valence electrons. The van der Waals surface area contributed by atoms with Gasteiger partial charge in [-0.1, -0.05) is 149 Å². The van der Waals surface area contributed by atoms with E-state index in [-0.39, 0.29) is 13.2 Å². The average Bonchev–Trinajstić information content (AvgIpc) is 2.87. The van der Waals surface area contributed by atoms with Crippen molar-refractivity contribution in [2.75, 3.05) is 19.8 Å². The third-order valence-electron chi connectivity index (χ3n) is 6.66. The first-order valence-electron chi connectivity index (χ1n) is 15.7. The van der Waals surface area contributed by atoms with E-state index in [2.05, 4.69) is 13.8 Å². The lowest BCUT2D eigenvalue weighted by atomic mass is 10.0. The van der Waals surface area contributed by atoms with E-state index < -0.39 is 12.1 Å². The summed E-state index contributed by atoms with van der Waals surface area (Å²) in [4.78, 5) is 10.2. The summed E-state index contributed by atoms with van der Waals surface area (Å²) >= 11 is 0. The number of hydrogen-bond donors (Lipinski definition) is 3. The zero-order valence-electron chi connectivity index (χ0n) is 24.3. The number of carboxylic acids is 1. The molecule has 0 saturated heterocycles. The minimum absolute atomic E-state index is 0.210. The molecule has 0 aliphatic carbocycles. The molecular formula is C31H64O5. The Morgan fingerprint density at radius 1 is 0.583 bits per heavy atom. The van der Waals surface area contributed by atoms with Gasteiger partial charge in [0.05, 0.1) is 13.2 Å². The van der Waals surface area contributed by atoms with E-state index in [0.29, 0.717) is 13.0 Å². The standard InChI is InChI=1S/C19H40O3.C12H24O2/c1-2-3-4-5-6-7-8-9-10-11-12-13-14-15-16-22-18-19(21)17-20;1-2-3-4-5-6-7-8-9-10-11-12(13)14/h19-21H,2-18H2,1H3;2-11H2,1H3,(H,13,14). The molecule has 3 N–H and O–H groups in total. The summed E-state index contributed by atoms with van der Waals surface area (Å²) in [6.45, 7) is 5.25. The summed E-state index contributed by atoms with van der Waals surface area (Å²) in [5.74, 6) is -0.659. The maximum absolute atomic E-state index is 10.2. The maximum atomic E-state index is 10.2. The van der Waals surface area contributed by atoms with Gasteiger partial charge in [0.25, 0.3) is 0 Å². The van der Waals surface area contributed by atoms with Crippen LogP contribution < -0.4 is 0 Å². The number of aliphatic carboxylic acids is 1. The second kappa shape index (κ2) is 34.4. The number of ether oxygens (including phenoxy) is 1. The number of aliphatic hydroxyl groups excluding tert-OH is 2. The number of unbranched alkanes of at least 4 members (excludes halogenated alkanes) is 21. The van der Waals surface area contributed by atoms with Crippen LogP contribution in [-0.4, -0.2) is 47.2 Å². The zero-order chi connectivity index (χ0) is 27.0. The van der Waals surface area contributed by atoms with Gasteiger partial charge < -0.3 is 20.1 Å². The Hall–Kier alpha value is -0.650. The van der Waals surface area contributed by atoms with E-state index in [4.69, 9.17) is 20.1 Å². The van der Waals surface area contributed by atoms with Gasteiger partial charge in [0.2, 0.25) is 0 Å². The largest absolute Gasteiger partial charge is 0.481 e. The fourth-order valence-electron chi connectivity index (χ4n) is 4.26. The second-order valence-corrected chi connectivity index (χ2v) is 10.5. The summed E-state index contributed by atoms with van der Waals surface area (Å²) in [7, 11) is 0. The van der Waals surface area contributed by atoms with Crippen LogP contribution in [0.2, 0.25) is 0 Å². The molecule has 0 bridgehead atoms. The minimum Gasteiger partial charge on any atom is -0.481 e. The molecule has 1 unspecified atom stereocenters. The van der Waals surface area contributed by atoms with Crippen molar-refractivity contribution >= 4 is 5.97 Å². The molecule has 0 fully saturated rings. The number of rotatable bonds is 28. The smallest absolute Gasteiger partial charge is 0.303 e. The van der Waals surface area contributed by atoms with Gasteiger partial charge in [0.15, 0.2) is 0 Å². The van der Waals surface area contributed by atoms with Crippen LogP contribution in [0.3, 0.4) is 0 Å². The van der Waals surface area contributed by atoms with E-state index in [1.54, 1.807) is 0 Å². The van der Waals surface area contributed by atoms with Crippen molar-refractivity contribution in [2.24, 2.45) is 0 Å². The van der Waals surface area contributed by atoms with E-state index in [1.165, 1.54) is 128 Å². The van der Waals surface area contributed by atoms with Gasteiger partial charge in [-0.2, -0.15) is 0 Å². The fourth-order valence-corrected chi connectivity index (χ4v) is 4.26. The van der Waals surface area contributed by atoms with Gasteiger partial charge in [-0.05, 0) is 12.8 Å². The quantitative estimate of drug-likeness (QED) is 0.0904. The SMILES string of the molecule is CCCCCCCCCCCC(=O)O.CCCCCCCCCCCCCCCCOCC(O)CO. The lowest BCUT2D eigenvalue weighted by Crippen LogP contribution is -2.19. The first-order valence-corrected chi connectivity index (χ1v) is 15.7. The summed E-state index contributed by atoms with van der Waals surface area (Å²) < 4.78 is 5.28. The molecule has 0 spiro atoms. The predicted octanol–water partition coefficient (Wildman–Crippen LogP) is 8.83. The summed E-state index contributed by atoms with van der Waals surface area (Å²) in [6.07, 6.45) is 29.8. The first-order chi connectivity index (χ1) is 17.6. The number of carboxylic acid groups (broad SMARTS) is 1. The molecule has 1 atom stereocenters. The Morgan fingerprint density at radius 3 is 1.25 bits per heavy atom. The summed E-state index contributed by atoms with van der Waals surface area (Å²) in [6, 6.07) is 0. The van der Waals surface area contributed by atoms with Gasteiger partial charge in [-0.3, -0.25) is 4.79 Å². The topological polar surface area (TPSA) is 87.0 Å². The van der Waals surface area contributed by atoms with Crippen molar-refractivity contribution in [1.82, 2.24) is 0 Å². The predicted molar refractivity (Wildman–Crippen MR) is 154 cm³/mol. The molecule has 0 aliphatic rings. The van der Waals surface area contributed by atoms with Gasteiger partial charge in [-0.25, -0.2) is 0 Å². The van der Waals surface area contributed by atoms with Crippen LogP contribution in [0.25, 0.3) is 0 Å².